The van der Waals surface area contributed by atoms with Crippen molar-refractivity contribution in [1.29, 1.82) is 0 Å². The second-order valence-corrected chi connectivity index (χ2v) is 5.42. The number of nitrogens with zero attached hydrogens (tertiary/aromatic N) is 2. The lowest BCUT2D eigenvalue weighted by atomic mass is 10.1. The Bertz CT molecular complexity index is 720. The lowest BCUT2D eigenvalue weighted by Gasteiger charge is -2.10. The van der Waals surface area contributed by atoms with Gasteiger partial charge < -0.3 is 5.32 Å². The highest BCUT2D eigenvalue weighted by molar-refractivity contribution is 5.79. The first-order valence-corrected chi connectivity index (χ1v) is 7.10. The van der Waals surface area contributed by atoms with E-state index in [1.807, 2.05) is 13.8 Å². The fourth-order valence-electron chi connectivity index (χ4n) is 2.35. The van der Waals surface area contributed by atoms with Crippen LogP contribution in [0.5, 0.6) is 0 Å². The van der Waals surface area contributed by atoms with Gasteiger partial charge >= 0.3 is 6.18 Å². The van der Waals surface area contributed by atoms with Gasteiger partial charge in [-0.15, -0.1) is 0 Å². The van der Waals surface area contributed by atoms with Gasteiger partial charge in [0, 0.05) is 24.8 Å². The molecule has 0 atom stereocenters. The van der Waals surface area contributed by atoms with Crippen LogP contribution < -0.4 is 5.32 Å². The molecule has 0 fully saturated rings. The molecule has 0 unspecified atom stereocenters. The predicted octanol–water partition coefficient (Wildman–Crippen LogP) is 2.91. The van der Waals surface area contributed by atoms with Crippen molar-refractivity contribution in [2.45, 2.75) is 33.0 Å². The van der Waals surface area contributed by atoms with Crippen LogP contribution in [0.1, 0.15) is 28.1 Å². The van der Waals surface area contributed by atoms with Crippen molar-refractivity contribution in [3.63, 3.8) is 0 Å². The Kier molecular flexibility index (Phi) is 4.77. The fraction of sp³-hybridized carbons (Fsp3) is 0.375. The number of carbonyl (C=O) groups is 1. The van der Waals surface area contributed by atoms with E-state index in [2.05, 4.69) is 10.4 Å². The smallest absolute Gasteiger partial charge is 0.352 e. The minimum absolute atomic E-state index is 0.0567. The average molecular weight is 325 g/mol. The van der Waals surface area contributed by atoms with E-state index in [1.54, 1.807) is 17.8 Å². The first kappa shape index (κ1) is 17.1. The summed E-state index contributed by atoms with van der Waals surface area (Å²) in [6.45, 7) is 3.75. The van der Waals surface area contributed by atoms with E-state index < -0.39 is 11.7 Å². The van der Waals surface area contributed by atoms with E-state index in [-0.39, 0.29) is 18.9 Å². The monoisotopic (exact) mass is 325 g/mol. The Hall–Kier alpha value is -2.31. The maximum atomic E-state index is 12.6. The number of aryl methyl sites for hydroxylation is 2. The number of benzene rings is 1. The highest BCUT2D eigenvalue weighted by Crippen LogP contribution is 2.29. The predicted molar refractivity (Wildman–Crippen MR) is 79.7 cm³/mol. The number of amides is 1. The molecule has 1 N–H and O–H groups in total. The molecule has 0 aliphatic heterocycles. The van der Waals surface area contributed by atoms with Gasteiger partial charge in [0.1, 0.15) is 0 Å². The van der Waals surface area contributed by atoms with Gasteiger partial charge in [0.2, 0.25) is 5.91 Å². The minimum Gasteiger partial charge on any atom is -0.352 e. The molecule has 0 spiro atoms. The molecule has 1 aromatic heterocycles. The Morgan fingerprint density at radius 2 is 2.00 bits per heavy atom. The summed E-state index contributed by atoms with van der Waals surface area (Å²) in [4.78, 5) is 12.0. The van der Waals surface area contributed by atoms with Gasteiger partial charge in [-0.2, -0.15) is 18.3 Å². The molecule has 2 rings (SSSR count). The van der Waals surface area contributed by atoms with E-state index in [1.165, 1.54) is 6.07 Å². The highest BCUT2D eigenvalue weighted by Gasteiger charge is 2.30. The number of hydrogen-bond acceptors (Lipinski definition) is 2. The van der Waals surface area contributed by atoms with E-state index in [9.17, 15) is 18.0 Å². The molecule has 7 heteroatoms. The Morgan fingerprint density at radius 3 is 2.57 bits per heavy atom. The van der Waals surface area contributed by atoms with Crippen molar-refractivity contribution < 1.29 is 18.0 Å². The summed E-state index contributed by atoms with van der Waals surface area (Å²) >= 11 is 0. The Labute approximate surface area is 132 Å². The molecule has 124 valence electrons. The summed E-state index contributed by atoms with van der Waals surface area (Å²) in [6, 6.07) is 4.93. The number of halogens is 3. The second-order valence-electron chi connectivity index (χ2n) is 5.42. The summed E-state index contributed by atoms with van der Waals surface area (Å²) in [6.07, 6.45) is -4.23. The lowest BCUT2D eigenvalue weighted by molar-refractivity contribution is -0.137. The first-order valence-electron chi connectivity index (χ1n) is 7.10. The molecule has 1 amide bonds. The van der Waals surface area contributed by atoms with E-state index in [4.69, 9.17) is 0 Å². The number of hydrogen-bond donors (Lipinski definition) is 1. The number of nitrogens with one attached hydrogen (secondary N) is 1. The molecule has 0 aliphatic rings. The average Bonchev–Trinajstić information content (AvgIpc) is 2.71. The number of rotatable bonds is 4. The van der Waals surface area contributed by atoms with Crippen molar-refractivity contribution in [3.05, 3.63) is 52.3 Å². The third-order valence-corrected chi connectivity index (χ3v) is 3.74. The molecule has 0 saturated heterocycles. The van der Waals surface area contributed by atoms with Gasteiger partial charge in [0.05, 0.1) is 17.7 Å². The molecule has 1 aromatic carbocycles. The number of aromatic nitrogens is 2. The quantitative estimate of drug-likeness (QED) is 0.939. The normalized spacial score (nSPS) is 11.6. The zero-order chi connectivity index (χ0) is 17.2. The van der Waals surface area contributed by atoms with Gasteiger partial charge in [0.25, 0.3) is 0 Å². The molecule has 0 radical (unpaired) electrons. The maximum Gasteiger partial charge on any atom is 0.416 e. The molecule has 1 heterocycles. The van der Waals surface area contributed by atoms with Crippen LogP contribution in [0.3, 0.4) is 0 Å². The van der Waals surface area contributed by atoms with Gasteiger partial charge in [-0.1, -0.05) is 12.1 Å². The summed E-state index contributed by atoms with van der Waals surface area (Å²) in [7, 11) is 1.80. The zero-order valence-electron chi connectivity index (χ0n) is 13.2. The van der Waals surface area contributed by atoms with Crippen LogP contribution in [0.4, 0.5) is 13.2 Å². The Balaban J connectivity index is 2.00. The first-order chi connectivity index (χ1) is 10.7. The standard InChI is InChI=1S/C16H18F3N3O/c1-10-14(11(2)22(3)21-10)8-15(23)20-9-12-5-4-6-13(7-12)16(17,18)19/h4-7H,8-9H2,1-3H3,(H,20,23). The van der Waals surface area contributed by atoms with Gasteiger partial charge in [-0.25, -0.2) is 0 Å². The van der Waals surface area contributed by atoms with Crippen LogP contribution in [0.15, 0.2) is 24.3 Å². The molecular formula is C16H18F3N3O. The molecule has 0 saturated carbocycles. The molecule has 23 heavy (non-hydrogen) atoms. The van der Waals surface area contributed by atoms with Crippen LogP contribution in [0.2, 0.25) is 0 Å². The number of alkyl halides is 3. The SMILES string of the molecule is Cc1nn(C)c(C)c1CC(=O)NCc1cccc(C(F)(F)F)c1. The maximum absolute atomic E-state index is 12.6. The molecule has 0 bridgehead atoms. The van der Waals surface area contributed by atoms with E-state index in [0.29, 0.717) is 5.56 Å². The van der Waals surface area contributed by atoms with Crippen molar-refractivity contribution in [2.24, 2.45) is 7.05 Å². The largest absolute Gasteiger partial charge is 0.416 e. The highest BCUT2D eigenvalue weighted by atomic mass is 19.4. The summed E-state index contributed by atoms with van der Waals surface area (Å²) in [5.41, 5.74) is 2.21. The fourth-order valence-corrected chi connectivity index (χ4v) is 2.35. The Morgan fingerprint density at radius 1 is 1.30 bits per heavy atom. The topological polar surface area (TPSA) is 46.9 Å². The van der Waals surface area contributed by atoms with E-state index >= 15 is 0 Å². The van der Waals surface area contributed by atoms with Gasteiger partial charge in [0.15, 0.2) is 0 Å². The molecular weight excluding hydrogens is 307 g/mol. The van der Waals surface area contributed by atoms with Crippen LogP contribution >= 0.6 is 0 Å². The summed E-state index contributed by atoms with van der Waals surface area (Å²) < 4.78 is 39.6. The molecule has 4 nitrogen and oxygen atoms in total. The van der Waals surface area contributed by atoms with Crippen molar-refractivity contribution in [1.82, 2.24) is 15.1 Å². The van der Waals surface area contributed by atoms with Crippen LogP contribution in [0, 0.1) is 13.8 Å². The lowest BCUT2D eigenvalue weighted by Crippen LogP contribution is -2.25. The van der Waals surface area contributed by atoms with Crippen molar-refractivity contribution in [3.8, 4) is 0 Å². The second kappa shape index (κ2) is 6.44. The van der Waals surface area contributed by atoms with Crippen LogP contribution in [0.25, 0.3) is 0 Å². The van der Waals surface area contributed by atoms with Crippen LogP contribution in [-0.2, 0) is 31.0 Å². The summed E-state index contributed by atoms with van der Waals surface area (Å²) in [5, 5.41) is 6.88. The third kappa shape index (κ3) is 4.12. The van der Waals surface area contributed by atoms with Crippen molar-refractivity contribution >= 4 is 5.91 Å². The third-order valence-electron chi connectivity index (χ3n) is 3.74. The van der Waals surface area contributed by atoms with Crippen molar-refractivity contribution in [2.75, 3.05) is 0 Å². The van der Waals surface area contributed by atoms with Gasteiger partial charge in [-0.3, -0.25) is 9.48 Å². The zero-order valence-corrected chi connectivity index (χ0v) is 13.2. The molecule has 2 aromatic rings. The van der Waals surface area contributed by atoms with Gasteiger partial charge in [-0.05, 0) is 31.5 Å². The minimum atomic E-state index is -4.38. The summed E-state index contributed by atoms with van der Waals surface area (Å²) in [5.74, 6) is -0.249. The molecule has 0 aliphatic carbocycles. The number of carbonyl (C=O) groups excluding carboxylic acids is 1. The van der Waals surface area contributed by atoms with E-state index in [0.717, 1.165) is 29.1 Å². The van der Waals surface area contributed by atoms with Crippen LogP contribution in [-0.4, -0.2) is 15.7 Å².